The zero-order chi connectivity index (χ0) is 16.6. The molecule has 0 saturated carbocycles. The lowest BCUT2D eigenvalue weighted by molar-refractivity contribution is -0.0466. The van der Waals surface area contributed by atoms with Crippen LogP contribution in [0.2, 0.25) is 0 Å². The maximum absolute atomic E-state index is 9.71. The Labute approximate surface area is 145 Å². The topological polar surface area (TPSA) is 76.6 Å². The van der Waals surface area contributed by atoms with Crippen molar-refractivity contribution < 1.29 is 14.3 Å². The van der Waals surface area contributed by atoms with E-state index in [0.29, 0.717) is 6.61 Å². The van der Waals surface area contributed by atoms with Crippen LogP contribution in [0.1, 0.15) is 25.0 Å². The monoisotopic (exact) mass is 350 g/mol. The van der Waals surface area contributed by atoms with Crippen LogP contribution in [0.15, 0.2) is 33.1 Å². The van der Waals surface area contributed by atoms with Gasteiger partial charge >= 0.3 is 0 Å². The van der Waals surface area contributed by atoms with E-state index in [1.165, 1.54) is 11.8 Å². The Morgan fingerprint density at radius 2 is 2.21 bits per heavy atom. The van der Waals surface area contributed by atoms with Crippen LogP contribution in [-0.2, 0) is 18.3 Å². The lowest BCUT2D eigenvalue weighted by Gasteiger charge is -2.38. The number of piperidine rings is 1. The van der Waals surface area contributed by atoms with Gasteiger partial charge in [-0.1, -0.05) is 0 Å². The third-order valence-electron chi connectivity index (χ3n) is 4.84. The fourth-order valence-electron chi connectivity index (χ4n) is 3.46. The largest absolute Gasteiger partial charge is 0.453 e. The number of rotatable bonds is 4. The Bertz CT molecular complexity index is 693. The highest BCUT2D eigenvalue weighted by Crippen LogP contribution is 2.36. The van der Waals surface area contributed by atoms with Crippen molar-refractivity contribution in [2.75, 3.05) is 19.7 Å². The molecule has 2 fully saturated rings. The van der Waals surface area contributed by atoms with Gasteiger partial charge in [0.2, 0.25) is 0 Å². The summed E-state index contributed by atoms with van der Waals surface area (Å²) in [5.41, 5.74) is -0.0920. The number of aliphatic hydroxyl groups excluding tert-OH is 1. The molecular weight excluding hydrogens is 328 g/mol. The van der Waals surface area contributed by atoms with Gasteiger partial charge in [-0.15, -0.1) is 10.2 Å². The van der Waals surface area contributed by atoms with Crippen LogP contribution < -0.4 is 0 Å². The molecule has 24 heavy (non-hydrogen) atoms. The van der Waals surface area contributed by atoms with Crippen LogP contribution in [-0.4, -0.2) is 56.2 Å². The molecule has 4 rings (SSSR count). The smallest absolute Gasteiger partial charge is 0.198 e. The molecule has 1 atom stereocenters. The van der Waals surface area contributed by atoms with Gasteiger partial charge in [0.05, 0.1) is 24.9 Å². The molecule has 0 amide bonds. The number of aryl methyl sites for hydroxylation is 1. The van der Waals surface area contributed by atoms with Crippen molar-refractivity contribution in [2.45, 2.75) is 47.8 Å². The number of hydrogen-bond donors (Lipinski definition) is 1. The normalized spacial score (nSPS) is 24.0. The quantitative estimate of drug-likeness (QED) is 0.899. The second kappa shape index (κ2) is 6.51. The minimum Gasteiger partial charge on any atom is -0.453 e. The van der Waals surface area contributed by atoms with Crippen molar-refractivity contribution in [1.29, 1.82) is 0 Å². The molecule has 2 aromatic rings. The Balaban J connectivity index is 1.31. The van der Waals surface area contributed by atoms with E-state index < -0.39 is 0 Å². The molecular formula is C16H22N4O3S. The van der Waals surface area contributed by atoms with Gasteiger partial charge in [-0.2, -0.15) is 0 Å². The highest BCUT2D eigenvalue weighted by molar-refractivity contribution is 7.99. The summed E-state index contributed by atoms with van der Waals surface area (Å²) in [4.78, 5) is 2.38. The van der Waals surface area contributed by atoms with Gasteiger partial charge in [0, 0.05) is 26.6 Å². The number of hydrogen-bond acceptors (Lipinski definition) is 7. The first-order chi connectivity index (χ1) is 11.6. The number of nitrogens with zero attached hydrogens (tertiary/aromatic N) is 4. The molecule has 0 unspecified atom stereocenters. The Morgan fingerprint density at radius 3 is 2.88 bits per heavy atom. The van der Waals surface area contributed by atoms with Crippen molar-refractivity contribution in [2.24, 2.45) is 7.05 Å². The van der Waals surface area contributed by atoms with E-state index in [1.807, 2.05) is 23.7 Å². The van der Waals surface area contributed by atoms with Gasteiger partial charge in [-0.3, -0.25) is 4.90 Å². The lowest BCUT2D eigenvalue weighted by atomic mass is 9.88. The molecule has 2 aromatic heterocycles. The molecule has 0 aromatic carbocycles. The van der Waals surface area contributed by atoms with Crippen molar-refractivity contribution in [3.63, 3.8) is 0 Å². The number of aliphatic hydroxyl groups is 1. The van der Waals surface area contributed by atoms with Gasteiger partial charge in [-0.05, 0) is 36.7 Å². The van der Waals surface area contributed by atoms with E-state index in [0.717, 1.165) is 54.9 Å². The van der Waals surface area contributed by atoms with Gasteiger partial charge < -0.3 is 18.8 Å². The standard InChI is InChI=1S/C16H22N4O3S/c1-19-11-17-18-15(19)24-14-3-2-13(23-14)9-20-6-4-16(5-7-20)8-12(21)10-22-16/h2-3,11-12,21H,4-10H2,1H3/t12-/m1/s1. The summed E-state index contributed by atoms with van der Waals surface area (Å²) in [6.45, 7) is 3.23. The highest BCUT2D eigenvalue weighted by Gasteiger charge is 2.42. The summed E-state index contributed by atoms with van der Waals surface area (Å²) >= 11 is 1.48. The first kappa shape index (κ1) is 16.1. The second-order valence-corrected chi connectivity index (χ2v) is 7.65. The molecule has 1 spiro atoms. The van der Waals surface area contributed by atoms with E-state index in [1.54, 1.807) is 6.33 Å². The van der Waals surface area contributed by atoms with Gasteiger partial charge in [0.15, 0.2) is 10.2 Å². The number of ether oxygens (including phenoxy) is 1. The molecule has 130 valence electrons. The van der Waals surface area contributed by atoms with Crippen LogP contribution in [0.3, 0.4) is 0 Å². The predicted octanol–water partition coefficient (Wildman–Crippen LogP) is 1.68. The van der Waals surface area contributed by atoms with Gasteiger partial charge in [0.1, 0.15) is 12.1 Å². The van der Waals surface area contributed by atoms with E-state index in [2.05, 4.69) is 15.1 Å². The second-order valence-electron chi connectivity index (χ2n) is 6.68. The summed E-state index contributed by atoms with van der Waals surface area (Å²) in [6.07, 6.45) is 4.12. The molecule has 1 N–H and O–H groups in total. The van der Waals surface area contributed by atoms with Crippen molar-refractivity contribution in [3.8, 4) is 0 Å². The van der Waals surface area contributed by atoms with Gasteiger partial charge in [0.25, 0.3) is 0 Å². The Kier molecular flexibility index (Phi) is 4.38. The van der Waals surface area contributed by atoms with Crippen LogP contribution in [0.5, 0.6) is 0 Å². The van der Waals surface area contributed by atoms with Crippen molar-refractivity contribution in [3.05, 3.63) is 24.2 Å². The van der Waals surface area contributed by atoms with Crippen molar-refractivity contribution >= 4 is 11.8 Å². The van der Waals surface area contributed by atoms with Crippen LogP contribution in [0.25, 0.3) is 0 Å². The lowest BCUT2D eigenvalue weighted by Crippen LogP contribution is -2.43. The zero-order valence-corrected chi connectivity index (χ0v) is 14.5. The predicted molar refractivity (Wildman–Crippen MR) is 87.7 cm³/mol. The molecule has 0 bridgehead atoms. The van der Waals surface area contributed by atoms with Gasteiger partial charge in [-0.25, -0.2) is 0 Å². The SMILES string of the molecule is Cn1cnnc1Sc1ccc(CN2CCC3(CC2)C[C@@H](O)CO3)o1. The Hall–Kier alpha value is -1.35. The maximum Gasteiger partial charge on any atom is 0.198 e. The molecule has 2 aliphatic rings. The molecule has 8 heteroatoms. The molecule has 4 heterocycles. The summed E-state index contributed by atoms with van der Waals surface area (Å²) in [5, 5.41) is 19.3. The molecule has 2 aliphatic heterocycles. The first-order valence-electron chi connectivity index (χ1n) is 8.27. The summed E-state index contributed by atoms with van der Waals surface area (Å²) in [7, 11) is 1.91. The summed E-state index contributed by atoms with van der Waals surface area (Å²) in [6, 6.07) is 4.01. The first-order valence-corrected chi connectivity index (χ1v) is 9.08. The fourth-order valence-corrected chi connectivity index (χ4v) is 4.20. The summed E-state index contributed by atoms with van der Waals surface area (Å²) < 4.78 is 13.6. The number of likely N-dealkylation sites (tertiary alicyclic amines) is 1. The third kappa shape index (κ3) is 3.37. The van der Waals surface area contributed by atoms with Crippen LogP contribution in [0, 0.1) is 0 Å². The molecule has 2 saturated heterocycles. The highest BCUT2D eigenvalue weighted by atomic mass is 32.2. The fraction of sp³-hybridized carbons (Fsp3) is 0.625. The zero-order valence-electron chi connectivity index (χ0n) is 13.7. The minimum absolute atomic E-state index is 0.0920. The minimum atomic E-state index is -0.290. The maximum atomic E-state index is 9.71. The van der Waals surface area contributed by atoms with Crippen molar-refractivity contribution in [1.82, 2.24) is 19.7 Å². The molecule has 0 aliphatic carbocycles. The van der Waals surface area contributed by atoms with E-state index in [-0.39, 0.29) is 11.7 Å². The molecule has 0 radical (unpaired) electrons. The van der Waals surface area contributed by atoms with Crippen LogP contribution in [0.4, 0.5) is 0 Å². The van der Waals surface area contributed by atoms with E-state index >= 15 is 0 Å². The number of furan rings is 1. The summed E-state index contributed by atoms with van der Waals surface area (Å²) in [5.74, 6) is 0.961. The average molecular weight is 350 g/mol. The van der Waals surface area contributed by atoms with E-state index in [4.69, 9.17) is 9.15 Å². The Morgan fingerprint density at radius 1 is 1.38 bits per heavy atom. The van der Waals surface area contributed by atoms with Crippen LogP contribution >= 0.6 is 11.8 Å². The number of aromatic nitrogens is 3. The third-order valence-corrected chi connectivity index (χ3v) is 5.81. The average Bonchev–Trinajstić information content (AvgIpc) is 3.26. The van der Waals surface area contributed by atoms with E-state index in [9.17, 15) is 5.11 Å². The molecule has 7 nitrogen and oxygen atoms in total.